The molecule has 2 amide bonds. The number of aromatic nitrogens is 1. The van der Waals surface area contributed by atoms with Crippen LogP contribution in [0, 0.1) is 5.92 Å². The van der Waals surface area contributed by atoms with Gasteiger partial charge in [-0.25, -0.2) is 9.78 Å². The Morgan fingerprint density at radius 2 is 1.91 bits per heavy atom. The highest BCUT2D eigenvalue weighted by Crippen LogP contribution is 2.40. The van der Waals surface area contributed by atoms with E-state index in [4.69, 9.17) is 9.40 Å². The van der Waals surface area contributed by atoms with Gasteiger partial charge in [0.15, 0.2) is 5.82 Å². The fourth-order valence-electron chi connectivity index (χ4n) is 5.62. The maximum Gasteiger partial charge on any atom is 0.327 e. The highest BCUT2D eigenvalue weighted by molar-refractivity contribution is 6.04. The summed E-state index contributed by atoms with van der Waals surface area (Å²) in [6, 6.07) is 15.9. The van der Waals surface area contributed by atoms with Crippen molar-refractivity contribution in [2.75, 3.05) is 46.2 Å². The molecule has 0 aliphatic carbocycles. The SMILES string of the molecule is CC1CCCN(c2ccc3c(n2)N(C(=O)Nc2cccc(-c4ccco4)c2)[C@@H]2CCCN3C2)C1. The van der Waals surface area contributed by atoms with Crippen LogP contribution in [0.2, 0.25) is 0 Å². The number of piperidine rings is 2. The summed E-state index contributed by atoms with van der Waals surface area (Å²) < 4.78 is 5.53. The summed E-state index contributed by atoms with van der Waals surface area (Å²) in [7, 11) is 0. The lowest BCUT2D eigenvalue weighted by Crippen LogP contribution is -2.56. The van der Waals surface area contributed by atoms with Crippen molar-refractivity contribution in [3.05, 3.63) is 54.8 Å². The molecule has 7 heteroatoms. The molecule has 1 unspecified atom stereocenters. The van der Waals surface area contributed by atoms with Crippen LogP contribution in [0.3, 0.4) is 0 Å². The number of fused-ring (bicyclic) bond motifs is 4. The number of pyridine rings is 1. The van der Waals surface area contributed by atoms with Crippen molar-refractivity contribution in [1.82, 2.24) is 4.98 Å². The topological polar surface area (TPSA) is 64.9 Å². The van der Waals surface area contributed by atoms with Gasteiger partial charge in [0.05, 0.1) is 18.0 Å². The number of hydrogen-bond acceptors (Lipinski definition) is 5. The smallest absolute Gasteiger partial charge is 0.327 e. The number of amides is 2. The van der Waals surface area contributed by atoms with Gasteiger partial charge in [-0.1, -0.05) is 19.1 Å². The van der Waals surface area contributed by atoms with Crippen LogP contribution < -0.4 is 20.0 Å². The normalized spacial score (nSPS) is 21.9. The molecule has 2 fully saturated rings. The van der Waals surface area contributed by atoms with Crippen LogP contribution in [0.5, 0.6) is 0 Å². The number of hydrogen-bond donors (Lipinski definition) is 1. The zero-order chi connectivity index (χ0) is 23.1. The molecule has 3 aliphatic rings. The van der Waals surface area contributed by atoms with Gasteiger partial charge in [-0.2, -0.15) is 0 Å². The molecule has 2 bridgehead atoms. The van der Waals surface area contributed by atoms with E-state index >= 15 is 0 Å². The van der Waals surface area contributed by atoms with Gasteiger partial charge >= 0.3 is 6.03 Å². The molecule has 34 heavy (non-hydrogen) atoms. The molecule has 176 valence electrons. The van der Waals surface area contributed by atoms with Gasteiger partial charge in [-0.15, -0.1) is 0 Å². The summed E-state index contributed by atoms with van der Waals surface area (Å²) in [5.41, 5.74) is 2.74. The van der Waals surface area contributed by atoms with E-state index in [2.05, 4.69) is 34.2 Å². The van der Waals surface area contributed by atoms with E-state index < -0.39 is 0 Å². The Bertz CT molecular complexity index is 1180. The summed E-state index contributed by atoms with van der Waals surface area (Å²) in [6.07, 6.45) is 6.18. The van der Waals surface area contributed by atoms with Gasteiger partial charge in [-0.05, 0) is 68.0 Å². The van der Waals surface area contributed by atoms with E-state index in [9.17, 15) is 4.79 Å². The lowest BCUT2D eigenvalue weighted by Gasteiger charge is -2.46. The van der Waals surface area contributed by atoms with Gasteiger partial charge in [0.25, 0.3) is 0 Å². The number of rotatable bonds is 3. The molecule has 2 aromatic heterocycles. The van der Waals surface area contributed by atoms with Crippen LogP contribution in [-0.4, -0.2) is 43.2 Å². The predicted molar refractivity (Wildman–Crippen MR) is 136 cm³/mol. The second-order valence-corrected chi connectivity index (χ2v) is 9.81. The highest BCUT2D eigenvalue weighted by Gasteiger charge is 2.38. The lowest BCUT2D eigenvalue weighted by molar-refractivity contribution is 0.252. The number of urea groups is 1. The minimum absolute atomic E-state index is 0.123. The Balaban J connectivity index is 1.31. The monoisotopic (exact) mass is 457 g/mol. The van der Waals surface area contributed by atoms with Crippen molar-refractivity contribution >= 4 is 29.0 Å². The lowest BCUT2D eigenvalue weighted by atomic mass is 9.99. The number of carbonyl (C=O) groups excluding carboxylic acids is 1. The van der Waals surface area contributed by atoms with E-state index in [0.29, 0.717) is 5.92 Å². The minimum atomic E-state index is -0.124. The minimum Gasteiger partial charge on any atom is -0.464 e. The summed E-state index contributed by atoms with van der Waals surface area (Å²) in [6.45, 7) is 6.22. The van der Waals surface area contributed by atoms with Crippen LogP contribution in [0.15, 0.2) is 59.2 Å². The Morgan fingerprint density at radius 3 is 2.76 bits per heavy atom. The zero-order valence-electron chi connectivity index (χ0n) is 19.6. The van der Waals surface area contributed by atoms with Crippen LogP contribution in [0.1, 0.15) is 32.6 Å². The maximum absolute atomic E-state index is 13.7. The second kappa shape index (κ2) is 8.70. The molecule has 3 aliphatic heterocycles. The molecule has 3 aromatic rings. The predicted octanol–water partition coefficient (Wildman–Crippen LogP) is 5.60. The molecule has 1 N–H and O–H groups in total. The summed E-state index contributed by atoms with van der Waals surface area (Å²) >= 11 is 0. The molecule has 0 radical (unpaired) electrons. The molecular formula is C27H31N5O2. The first kappa shape index (κ1) is 21.1. The quantitative estimate of drug-likeness (QED) is 0.555. The first-order valence-corrected chi connectivity index (χ1v) is 12.4. The number of nitrogens with zero attached hydrogens (tertiary/aromatic N) is 4. The average Bonchev–Trinajstić information content (AvgIpc) is 3.39. The van der Waals surface area contributed by atoms with E-state index in [1.54, 1.807) is 6.26 Å². The second-order valence-electron chi connectivity index (χ2n) is 9.81. The van der Waals surface area contributed by atoms with E-state index in [-0.39, 0.29) is 12.1 Å². The van der Waals surface area contributed by atoms with Crippen LogP contribution in [0.4, 0.5) is 27.8 Å². The molecule has 2 atom stereocenters. The van der Waals surface area contributed by atoms with E-state index in [1.165, 1.54) is 12.8 Å². The highest BCUT2D eigenvalue weighted by atomic mass is 16.3. The first-order valence-electron chi connectivity index (χ1n) is 12.4. The van der Waals surface area contributed by atoms with Crippen molar-refractivity contribution in [1.29, 1.82) is 0 Å². The first-order chi connectivity index (χ1) is 16.7. The van der Waals surface area contributed by atoms with Crippen molar-refractivity contribution < 1.29 is 9.21 Å². The van der Waals surface area contributed by atoms with Crippen molar-refractivity contribution in [2.45, 2.75) is 38.6 Å². The molecule has 6 rings (SSSR count). The number of furan rings is 1. The fourth-order valence-corrected chi connectivity index (χ4v) is 5.62. The molecule has 0 spiro atoms. The van der Waals surface area contributed by atoms with Gasteiger partial charge in [0.2, 0.25) is 0 Å². The van der Waals surface area contributed by atoms with E-state index in [0.717, 1.165) is 73.4 Å². The zero-order valence-corrected chi connectivity index (χ0v) is 19.6. The summed E-state index contributed by atoms with van der Waals surface area (Å²) in [5.74, 6) is 3.20. The largest absolute Gasteiger partial charge is 0.464 e. The van der Waals surface area contributed by atoms with Crippen molar-refractivity contribution in [3.63, 3.8) is 0 Å². The van der Waals surface area contributed by atoms with Crippen LogP contribution >= 0.6 is 0 Å². The molecule has 1 aromatic carbocycles. The van der Waals surface area contributed by atoms with Crippen molar-refractivity contribution in [2.24, 2.45) is 5.92 Å². The molecule has 5 heterocycles. The van der Waals surface area contributed by atoms with Crippen LogP contribution in [-0.2, 0) is 0 Å². The fraction of sp³-hybridized carbons (Fsp3) is 0.407. The van der Waals surface area contributed by atoms with Crippen molar-refractivity contribution in [3.8, 4) is 11.3 Å². The molecule has 7 nitrogen and oxygen atoms in total. The summed E-state index contributed by atoms with van der Waals surface area (Å²) in [4.78, 5) is 25.4. The Hall–Kier alpha value is -3.48. The van der Waals surface area contributed by atoms with Gasteiger partial charge in [-0.3, -0.25) is 4.90 Å². The summed E-state index contributed by atoms with van der Waals surface area (Å²) in [5, 5.41) is 3.14. The Morgan fingerprint density at radius 1 is 1.03 bits per heavy atom. The van der Waals surface area contributed by atoms with Gasteiger partial charge in [0, 0.05) is 37.4 Å². The number of anilines is 4. The number of carbonyl (C=O) groups is 1. The van der Waals surface area contributed by atoms with Gasteiger partial charge in [0.1, 0.15) is 11.6 Å². The third-order valence-electron chi connectivity index (χ3n) is 7.29. The third-order valence-corrected chi connectivity index (χ3v) is 7.29. The molecule has 2 saturated heterocycles. The Kier molecular flexibility index (Phi) is 5.40. The molecular weight excluding hydrogens is 426 g/mol. The Labute approximate surface area is 200 Å². The van der Waals surface area contributed by atoms with Crippen LogP contribution in [0.25, 0.3) is 11.3 Å². The molecule has 0 saturated carbocycles. The third kappa shape index (κ3) is 3.89. The standard InChI is InChI=1S/C27H31N5O2/c1-19-6-3-14-31(17-19)25-12-11-23-26(29-25)32(22-9-4-13-30(23)18-22)27(33)28-21-8-2-7-20(16-21)24-10-5-15-34-24/h2,5,7-8,10-12,15-16,19,22H,3-4,6,9,13-14,17-18H2,1H3,(H,28,33)/t19?,22-/m1/s1. The number of benzene rings is 1. The van der Waals surface area contributed by atoms with Gasteiger partial charge < -0.3 is 19.5 Å². The maximum atomic E-state index is 13.7. The average molecular weight is 458 g/mol. The van der Waals surface area contributed by atoms with E-state index in [1.807, 2.05) is 41.3 Å². The number of nitrogens with one attached hydrogen (secondary N) is 1.